The lowest BCUT2D eigenvalue weighted by Crippen LogP contribution is -2.22. The number of halogens is 3. The molecule has 20 heavy (non-hydrogen) atoms. The van der Waals surface area contributed by atoms with Gasteiger partial charge in [-0.05, 0) is 24.8 Å². The van der Waals surface area contributed by atoms with Gasteiger partial charge in [0.1, 0.15) is 6.04 Å². The Hall–Kier alpha value is -1.53. The number of aliphatic carboxylic acids is 1. The summed E-state index contributed by atoms with van der Waals surface area (Å²) in [5.41, 5.74) is -1.05. The molecule has 1 aliphatic carbocycles. The molecule has 1 heterocycles. The van der Waals surface area contributed by atoms with Gasteiger partial charge in [-0.25, -0.2) is 4.79 Å². The zero-order valence-corrected chi connectivity index (χ0v) is 11.2. The van der Waals surface area contributed by atoms with Crippen molar-refractivity contribution in [2.75, 3.05) is 0 Å². The summed E-state index contributed by atoms with van der Waals surface area (Å²) < 4.78 is 39.1. The van der Waals surface area contributed by atoms with E-state index in [-0.39, 0.29) is 11.5 Å². The number of carboxylic acids is 1. The second-order valence-electron chi connectivity index (χ2n) is 5.38. The molecule has 1 aliphatic rings. The molecule has 1 atom stereocenters. The van der Waals surface area contributed by atoms with Gasteiger partial charge in [-0.1, -0.05) is 25.7 Å². The van der Waals surface area contributed by atoms with Crippen LogP contribution in [0.3, 0.4) is 0 Å². The number of carbonyl (C=O) groups is 1. The number of aromatic nitrogens is 2. The molecule has 112 valence electrons. The number of rotatable bonds is 4. The van der Waals surface area contributed by atoms with Crippen molar-refractivity contribution >= 4 is 5.97 Å². The Morgan fingerprint density at radius 2 is 2.10 bits per heavy atom. The molecule has 0 saturated heterocycles. The number of hydrogen-bond acceptors (Lipinski definition) is 2. The van der Waals surface area contributed by atoms with Crippen LogP contribution in [0, 0.1) is 12.8 Å². The van der Waals surface area contributed by atoms with Crippen molar-refractivity contribution in [3.63, 3.8) is 0 Å². The van der Waals surface area contributed by atoms with E-state index in [1.165, 1.54) is 13.1 Å². The second kappa shape index (κ2) is 5.46. The van der Waals surface area contributed by atoms with Gasteiger partial charge in [0, 0.05) is 6.20 Å². The van der Waals surface area contributed by atoms with Gasteiger partial charge in [-0.2, -0.15) is 18.3 Å². The molecule has 4 nitrogen and oxygen atoms in total. The van der Waals surface area contributed by atoms with Gasteiger partial charge in [0.25, 0.3) is 0 Å². The first kappa shape index (κ1) is 14.9. The smallest absolute Gasteiger partial charge is 0.435 e. The summed E-state index contributed by atoms with van der Waals surface area (Å²) in [6, 6.07) is -1.02. The van der Waals surface area contributed by atoms with Crippen molar-refractivity contribution in [1.29, 1.82) is 0 Å². The number of hydrogen-bond donors (Lipinski definition) is 1. The Bertz CT molecular complexity index is 490. The molecule has 7 heteroatoms. The SMILES string of the molecule is Cc1cn([C@@H](CC2CCCC2)C(=O)O)nc1C(F)(F)F. The highest BCUT2D eigenvalue weighted by molar-refractivity contribution is 5.71. The van der Waals surface area contributed by atoms with Crippen LogP contribution in [0.4, 0.5) is 13.2 Å². The fraction of sp³-hybridized carbons (Fsp3) is 0.692. The molecule has 2 rings (SSSR count). The molecule has 0 bridgehead atoms. The zero-order chi connectivity index (χ0) is 14.9. The van der Waals surface area contributed by atoms with Gasteiger partial charge >= 0.3 is 12.1 Å². The summed E-state index contributed by atoms with van der Waals surface area (Å²) >= 11 is 0. The molecule has 1 aromatic rings. The van der Waals surface area contributed by atoms with E-state index in [0.717, 1.165) is 30.4 Å². The lowest BCUT2D eigenvalue weighted by atomic mass is 9.98. The summed E-state index contributed by atoms with van der Waals surface area (Å²) in [6.45, 7) is 1.29. The summed E-state index contributed by atoms with van der Waals surface area (Å²) in [6.07, 6.45) is 0.967. The third-order valence-corrected chi connectivity index (χ3v) is 3.82. The average molecular weight is 290 g/mol. The monoisotopic (exact) mass is 290 g/mol. The Labute approximate surface area is 114 Å². The molecule has 0 aromatic carbocycles. The van der Waals surface area contributed by atoms with E-state index >= 15 is 0 Å². The van der Waals surface area contributed by atoms with Crippen LogP contribution in [0.5, 0.6) is 0 Å². The summed E-state index contributed by atoms with van der Waals surface area (Å²) in [4.78, 5) is 11.3. The van der Waals surface area contributed by atoms with Crippen molar-refractivity contribution < 1.29 is 23.1 Å². The molecule has 0 spiro atoms. The molecule has 0 radical (unpaired) electrons. The van der Waals surface area contributed by atoms with Crippen molar-refractivity contribution in [3.05, 3.63) is 17.5 Å². The van der Waals surface area contributed by atoms with Crippen LogP contribution in [0.2, 0.25) is 0 Å². The highest BCUT2D eigenvalue weighted by Gasteiger charge is 2.37. The average Bonchev–Trinajstić information content (AvgIpc) is 2.93. The van der Waals surface area contributed by atoms with Gasteiger partial charge in [-0.3, -0.25) is 4.68 Å². The van der Waals surface area contributed by atoms with Gasteiger partial charge in [-0.15, -0.1) is 0 Å². The van der Waals surface area contributed by atoms with Crippen LogP contribution in [-0.4, -0.2) is 20.9 Å². The first-order chi connectivity index (χ1) is 9.29. The van der Waals surface area contributed by atoms with E-state index in [4.69, 9.17) is 0 Å². The predicted octanol–water partition coefficient (Wildman–Crippen LogP) is 3.42. The summed E-state index contributed by atoms with van der Waals surface area (Å²) in [5.74, 6) is -0.872. The number of aryl methyl sites for hydroxylation is 1. The van der Waals surface area contributed by atoms with Gasteiger partial charge < -0.3 is 5.11 Å². The molecule has 1 fully saturated rings. The van der Waals surface area contributed by atoms with Crippen molar-refractivity contribution in [2.24, 2.45) is 5.92 Å². The Kier molecular flexibility index (Phi) is 4.06. The van der Waals surface area contributed by atoms with Crippen molar-refractivity contribution in [2.45, 2.75) is 51.2 Å². The van der Waals surface area contributed by atoms with E-state index in [0.29, 0.717) is 6.42 Å². The number of alkyl halides is 3. The molecular formula is C13H17F3N2O2. The quantitative estimate of drug-likeness (QED) is 0.924. The Balaban J connectivity index is 2.23. The molecule has 1 N–H and O–H groups in total. The van der Waals surface area contributed by atoms with Gasteiger partial charge in [0.2, 0.25) is 0 Å². The van der Waals surface area contributed by atoms with E-state index in [9.17, 15) is 23.1 Å². The first-order valence-corrected chi connectivity index (χ1v) is 6.65. The lowest BCUT2D eigenvalue weighted by molar-refractivity contribution is -0.145. The minimum absolute atomic E-state index is 0.0461. The molecular weight excluding hydrogens is 273 g/mol. The largest absolute Gasteiger partial charge is 0.480 e. The third-order valence-electron chi connectivity index (χ3n) is 3.82. The van der Waals surface area contributed by atoms with Crippen LogP contribution in [-0.2, 0) is 11.0 Å². The zero-order valence-electron chi connectivity index (χ0n) is 11.2. The minimum atomic E-state index is -4.55. The van der Waals surface area contributed by atoms with Crippen LogP contribution < -0.4 is 0 Å². The fourth-order valence-electron chi connectivity index (χ4n) is 2.81. The summed E-state index contributed by atoms with van der Waals surface area (Å²) in [5, 5.41) is 12.7. The Morgan fingerprint density at radius 1 is 1.50 bits per heavy atom. The van der Waals surface area contributed by atoms with Crippen LogP contribution in [0.1, 0.15) is 49.4 Å². The van der Waals surface area contributed by atoms with Gasteiger partial charge in [0.05, 0.1) is 0 Å². The predicted molar refractivity (Wildman–Crippen MR) is 65.2 cm³/mol. The fourth-order valence-corrected chi connectivity index (χ4v) is 2.81. The third kappa shape index (κ3) is 3.13. The van der Waals surface area contributed by atoms with E-state index in [2.05, 4.69) is 5.10 Å². The molecule has 0 amide bonds. The van der Waals surface area contributed by atoms with Crippen molar-refractivity contribution in [3.8, 4) is 0 Å². The van der Waals surface area contributed by atoms with Crippen molar-refractivity contribution in [1.82, 2.24) is 9.78 Å². The minimum Gasteiger partial charge on any atom is -0.480 e. The summed E-state index contributed by atoms with van der Waals surface area (Å²) in [7, 11) is 0. The number of nitrogens with zero attached hydrogens (tertiary/aromatic N) is 2. The highest BCUT2D eigenvalue weighted by Crippen LogP contribution is 2.34. The maximum Gasteiger partial charge on any atom is 0.435 e. The lowest BCUT2D eigenvalue weighted by Gasteiger charge is -2.17. The molecule has 1 saturated carbocycles. The van der Waals surface area contributed by atoms with E-state index in [1.807, 2.05) is 0 Å². The highest BCUT2D eigenvalue weighted by atomic mass is 19.4. The molecule has 0 unspecified atom stereocenters. The van der Waals surface area contributed by atoms with Crippen LogP contribution in [0.15, 0.2) is 6.20 Å². The van der Waals surface area contributed by atoms with E-state index in [1.54, 1.807) is 0 Å². The Morgan fingerprint density at radius 3 is 2.55 bits per heavy atom. The maximum absolute atomic E-state index is 12.7. The molecule has 1 aromatic heterocycles. The normalized spacial score (nSPS) is 18.4. The van der Waals surface area contributed by atoms with Crippen LogP contribution in [0.25, 0.3) is 0 Å². The standard InChI is InChI=1S/C13H17F3N2O2/c1-8-7-18(17-11(8)13(14,15)16)10(12(19)20)6-9-4-2-3-5-9/h7,9-10H,2-6H2,1H3,(H,19,20)/t10-/m0/s1. The number of carboxylic acid groups (broad SMARTS) is 1. The molecule has 0 aliphatic heterocycles. The van der Waals surface area contributed by atoms with E-state index < -0.39 is 23.9 Å². The maximum atomic E-state index is 12.7. The second-order valence-corrected chi connectivity index (χ2v) is 5.38. The topological polar surface area (TPSA) is 55.1 Å². The van der Waals surface area contributed by atoms with Crippen LogP contribution >= 0.6 is 0 Å². The van der Waals surface area contributed by atoms with Gasteiger partial charge in [0.15, 0.2) is 5.69 Å². The first-order valence-electron chi connectivity index (χ1n) is 6.65.